The van der Waals surface area contributed by atoms with Crippen LogP contribution in [0.15, 0.2) is 43.1 Å². The van der Waals surface area contributed by atoms with Gasteiger partial charge in [0.15, 0.2) is 18.1 Å². The second-order valence-electron chi connectivity index (χ2n) is 8.11. The number of nitrogens with zero attached hydrogens (tertiary/aromatic N) is 3. The van der Waals surface area contributed by atoms with Crippen molar-refractivity contribution in [1.29, 1.82) is 0 Å². The molecule has 0 amide bonds. The zero-order valence-corrected chi connectivity index (χ0v) is 24.2. The number of hydrogen-bond acceptors (Lipinski definition) is 7. The van der Waals surface area contributed by atoms with Gasteiger partial charge in [-0.3, -0.25) is 4.79 Å². The molecule has 36 heavy (non-hydrogen) atoms. The van der Waals surface area contributed by atoms with E-state index in [9.17, 15) is 9.59 Å². The summed E-state index contributed by atoms with van der Waals surface area (Å²) >= 11 is 13.4. The maximum atomic E-state index is 13.3. The van der Waals surface area contributed by atoms with E-state index >= 15 is 0 Å². The van der Waals surface area contributed by atoms with Crippen molar-refractivity contribution in [3.63, 3.8) is 0 Å². The zero-order chi connectivity index (χ0) is 26.4. The molecule has 0 unspecified atom stereocenters. The van der Waals surface area contributed by atoms with Crippen LogP contribution < -0.4 is 15.0 Å². The molecule has 0 atom stereocenters. The molecule has 11 heteroatoms. The van der Waals surface area contributed by atoms with Crippen LogP contribution in [-0.4, -0.2) is 41.7 Å². The van der Waals surface area contributed by atoms with Crippen molar-refractivity contribution in [1.82, 2.24) is 9.66 Å². The van der Waals surface area contributed by atoms with Crippen LogP contribution in [0.5, 0.6) is 11.5 Å². The van der Waals surface area contributed by atoms with Crippen LogP contribution in [0.2, 0.25) is 5.02 Å². The molecule has 0 bridgehead atoms. The monoisotopic (exact) mass is 641 g/mol. The molecule has 0 radical (unpaired) electrons. The lowest BCUT2D eigenvalue weighted by Crippen LogP contribution is -2.22. The fourth-order valence-corrected chi connectivity index (χ4v) is 4.36. The van der Waals surface area contributed by atoms with Crippen LogP contribution in [0.25, 0.3) is 10.9 Å². The Labute approximate surface area is 230 Å². The molecule has 192 valence electrons. The second kappa shape index (κ2) is 12.7. The number of carbonyl (C=O) groups excluding carboxylic acids is 1. The summed E-state index contributed by atoms with van der Waals surface area (Å²) in [5.41, 5.74) is 0.877. The summed E-state index contributed by atoms with van der Waals surface area (Å²) in [6.07, 6.45) is 3.64. The smallest absolute Gasteiger partial charge is 0.344 e. The molecular formula is C25H26Br2ClN3O5. The average Bonchev–Trinajstić information content (AvgIpc) is 2.83. The number of aromatic nitrogens is 2. The first-order chi connectivity index (χ1) is 17.2. The SMILES string of the molecule is CCCCc1nc2ccc(Br)cc2c(=O)n1N=Cc1cc(OC)c(OCC(=O)OC(C)C)c(Cl)c1Br. The third-order valence-electron chi connectivity index (χ3n) is 5.02. The second-order valence-corrected chi connectivity index (χ2v) is 10.2. The van der Waals surface area contributed by atoms with Crippen molar-refractivity contribution in [2.45, 2.75) is 46.1 Å². The molecule has 0 spiro atoms. The Morgan fingerprint density at radius 3 is 2.69 bits per heavy atom. The summed E-state index contributed by atoms with van der Waals surface area (Å²) in [6, 6.07) is 7.03. The van der Waals surface area contributed by atoms with Crippen LogP contribution in [-0.2, 0) is 16.0 Å². The fraction of sp³-hybridized carbons (Fsp3) is 0.360. The molecule has 1 heterocycles. The minimum atomic E-state index is -0.528. The summed E-state index contributed by atoms with van der Waals surface area (Å²) < 4.78 is 18.7. The molecular weight excluding hydrogens is 618 g/mol. The van der Waals surface area contributed by atoms with Gasteiger partial charge in [-0.05, 0) is 60.5 Å². The molecule has 0 saturated heterocycles. The molecule has 0 N–H and O–H groups in total. The van der Waals surface area contributed by atoms with Gasteiger partial charge >= 0.3 is 5.97 Å². The van der Waals surface area contributed by atoms with E-state index in [1.165, 1.54) is 18.0 Å². The number of hydrogen-bond donors (Lipinski definition) is 0. The van der Waals surface area contributed by atoms with E-state index in [0.717, 1.165) is 17.3 Å². The summed E-state index contributed by atoms with van der Waals surface area (Å²) in [7, 11) is 1.46. The van der Waals surface area contributed by atoms with Gasteiger partial charge in [0, 0.05) is 20.9 Å². The van der Waals surface area contributed by atoms with Crippen molar-refractivity contribution in [2.24, 2.45) is 5.10 Å². The first-order valence-electron chi connectivity index (χ1n) is 11.3. The number of aryl methyl sites for hydroxylation is 1. The summed E-state index contributed by atoms with van der Waals surface area (Å²) in [5, 5.41) is 5.10. The lowest BCUT2D eigenvalue weighted by molar-refractivity contribution is -0.149. The highest BCUT2D eigenvalue weighted by atomic mass is 79.9. The summed E-state index contributed by atoms with van der Waals surface area (Å²) in [5.74, 6) is 0.507. The lowest BCUT2D eigenvalue weighted by Gasteiger charge is -2.15. The molecule has 8 nitrogen and oxygen atoms in total. The third-order valence-corrected chi connectivity index (χ3v) is 6.96. The van der Waals surface area contributed by atoms with Gasteiger partial charge in [-0.2, -0.15) is 9.78 Å². The Morgan fingerprint density at radius 2 is 2.03 bits per heavy atom. The molecule has 0 aliphatic rings. The molecule has 0 fully saturated rings. The lowest BCUT2D eigenvalue weighted by atomic mass is 10.2. The predicted molar refractivity (Wildman–Crippen MR) is 148 cm³/mol. The van der Waals surface area contributed by atoms with Crippen molar-refractivity contribution < 1.29 is 19.0 Å². The molecule has 1 aromatic heterocycles. The van der Waals surface area contributed by atoms with E-state index in [1.807, 2.05) is 6.07 Å². The minimum Gasteiger partial charge on any atom is -0.493 e. The topological polar surface area (TPSA) is 92.0 Å². The van der Waals surface area contributed by atoms with Crippen molar-refractivity contribution in [2.75, 3.05) is 13.7 Å². The fourth-order valence-electron chi connectivity index (χ4n) is 3.34. The quantitative estimate of drug-likeness (QED) is 0.195. The standard InChI is InChI=1S/C25H26Br2ClN3O5/c1-5-6-7-20-30-18-9-8-16(26)11-17(18)25(33)31(20)29-12-15-10-19(34-4)24(23(28)22(15)27)35-13-21(32)36-14(2)3/h8-12,14H,5-7,13H2,1-4H3. The molecule has 2 aromatic carbocycles. The molecule has 3 aromatic rings. The van der Waals surface area contributed by atoms with Crippen LogP contribution >= 0.6 is 43.5 Å². The van der Waals surface area contributed by atoms with Gasteiger partial charge in [0.05, 0.1) is 30.3 Å². The number of halogens is 3. The van der Waals surface area contributed by atoms with E-state index in [-0.39, 0.29) is 29.0 Å². The Hall–Kier alpha value is -2.43. The number of esters is 1. The van der Waals surface area contributed by atoms with Gasteiger partial charge in [-0.15, -0.1) is 0 Å². The number of ether oxygens (including phenoxy) is 3. The third kappa shape index (κ3) is 6.66. The van der Waals surface area contributed by atoms with E-state index < -0.39 is 5.97 Å². The number of fused-ring (bicyclic) bond motifs is 1. The minimum absolute atomic E-state index is 0.182. The Morgan fingerprint density at radius 1 is 1.28 bits per heavy atom. The van der Waals surface area contributed by atoms with Gasteiger partial charge in [0.2, 0.25) is 0 Å². The van der Waals surface area contributed by atoms with Crippen molar-refractivity contribution in [3.8, 4) is 11.5 Å². The highest BCUT2D eigenvalue weighted by Gasteiger charge is 2.19. The molecule has 0 saturated carbocycles. The van der Waals surface area contributed by atoms with Crippen LogP contribution in [0.1, 0.15) is 45.0 Å². The first kappa shape index (κ1) is 28.1. The number of carbonyl (C=O) groups is 1. The maximum absolute atomic E-state index is 13.3. The Balaban J connectivity index is 2.02. The van der Waals surface area contributed by atoms with Crippen LogP contribution in [0.3, 0.4) is 0 Å². The largest absolute Gasteiger partial charge is 0.493 e. The highest BCUT2D eigenvalue weighted by Crippen LogP contribution is 2.42. The van der Waals surface area contributed by atoms with Gasteiger partial charge in [-0.1, -0.05) is 40.9 Å². The number of unbranched alkanes of at least 4 members (excludes halogenated alkanes) is 1. The summed E-state index contributed by atoms with van der Waals surface area (Å²) in [4.78, 5) is 29.9. The molecule has 0 aliphatic carbocycles. The van der Waals surface area contributed by atoms with Crippen LogP contribution in [0.4, 0.5) is 0 Å². The van der Waals surface area contributed by atoms with Gasteiger partial charge in [0.25, 0.3) is 5.56 Å². The highest BCUT2D eigenvalue weighted by molar-refractivity contribution is 9.10. The van der Waals surface area contributed by atoms with E-state index in [4.69, 9.17) is 25.8 Å². The molecule has 3 rings (SSSR count). The average molecular weight is 644 g/mol. The molecule has 0 aliphatic heterocycles. The van der Waals surface area contributed by atoms with Crippen molar-refractivity contribution >= 4 is 66.5 Å². The maximum Gasteiger partial charge on any atom is 0.344 e. The first-order valence-corrected chi connectivity index (χ1v) is 13.3. The van der Waals surface area contributed by atoms with E-state index in [2.05, 4.69) is 48.9 Å². The van der Waals surface area contributed by atoms with Gasteiger partial charge in [-0.25, -0.2) is 9.78 Å². The predicted octanol–water partition coefficient (Wildman–Crippen LogP) is 6.14. The number of benzene rings is 2. The van der Waals surface area contributed by atoms with E-state index in [0.29, 0.717) is 38.9 Å². The van der Waals surface area contributed by atoms with Crippen molar-refractivity contribution in [3.05, 3.63) is 60.0 Å². The Kier molecular flexibility index (Phi) is 9.92. The van der Waals surface area contributed by atoms with E-state index in [1.54, 1.807) is 32.0 Å². The Bertz CT molecular complexity index is 1360. The van der Waals surface area contributed by atoms with Gasteiger partial charge < -0.3 is 14.2 Å². The number of rotatable bonds is 10. The van der Waals surface area contributed by atoms with Crippen LogP contribution in [0, 0.1) is 0 Å². The van der Waals surface area contributed by atoms with Gasteiger partial charge in [0.1, 0.15) is 10.8 Å². The summed E-state index contributed by atoms with van der Waals surface area (Å²) in [6.45, 7) is 5.24. The zero-order valence-electron chi connectivity index (χ0n) is 20.3. The number of methoxy groups -OCH3 is 1. The normalized spacial score (nSPS) is 11.4.